The SMILES string of the molecule is CCOc1ccc(S(=O)(=O)NCc2cccc3ccccc23)cc1. The fourth-order valence-electron chi connectivity index (χ4n) is 2.58. The van der Waals surface area contributed by atoms with Crippen LogP contribution >= 0.6 is 0 Å². The van der Waals surface area contributed by atoms with E-state index in [1.807, 2.05) is 49.4 Å². The van der Waals surface area contributed by atoms with Gasteiger partial charge in [-0.05, 0) is 47.5 Å². The Bertz CT molecular complexity index is 929. The molecule has 3 aromatic carbocycles. The topological polar surface area (TPSA) is 55.4 Å². The predicted molar refractivity (Wildman–Crippen MR) is 95.6 cm³/mol. The molecule has 24 heavy (non-hydrogen) atoms. The Kier molecular flexibility index (Phi) is 4.83. The molecule has 0 heterocycles. The van der Waals surface area contributed by atoms with Gasteiger partial charge < -0.3 is 4.74 Å². The van der Waals surface area contributed by atoms with E-state index in [0.29, 0.717) is 12.4 Å². The van der Waals surface area contributed by atoms with Crippen molar-refractivity contribution in [2.45, 2.75) is 18.4 Å². The maximum absolute atomic E-state index is 12.5. The molecule has 0 saturated heterocycles. The highest BCUT2D eigenvalue weighted by atomic mass is 32.2. The van der Waals surface area contributed by atoms with Crippen LogP contribution in [0, 0.1) is 0 Å². The third kappa shape index (κ3) is 3.58. The fraction of sp³-hybridized carbons (Fsp3) is 0.158. The first kappa shape index (κ1) is 16.5. The van der Waals surface area contributed by atoms with Gasteiger partial charge in [0.05, 0.1) is 11.5 Å². The van der Waals surface area contributed by atoms with E-state index in [2.05, 4.69) is 4.72 Å². The highest BCUT2D eigenvalue weighted by Crippen LogP contribution is 2.20. The van der Waals surface area contributed by atoms with Gasteiger partial charge in [-0.1, -0.05) is 42.5 Å². The number of sulfonamides is 1. The zero-order valence-electron chi connectivity index (χ0n) is 13.4. The van der Waals surface area contributed by atoms with E-state index in [0.717, 1.165) is 16.3 Å². The van der Waals surface area contributed by atoms with E-state index in [9.17, 15) is 8.42 Å². The summed E-state index contributed by atoms with van der Waals surface area (Å²) >= 11 is 0. The summed E-state index contributed by atoms with van der Waals surface area (Å²) in [7, 11) is -3.56. The van der Waals surface area contributed by atoms with E-state index >= 15 is 0 Å². The van der Waals surface area contributed by atoms with Crippen molar-refractivity contribution >= 4 is 20.8 Å². The minimum Gasteiger partial charge on any atom is -0.494 e. The lowest BCUT2D eigenvalue weighted by atomic mass is 10.1. The fourth-order valence-corrected chi connectivity index (χ4v) is 3.59. The number of fused-ring (bicyclic) bond motifs is 1. The third-order valence-electron chi connectivity index (χ3n) is 3.78. The molecule has 0 spiro atoms. The van der Waals surface area contributed by atoms with Gasteiger partial charge in [-0.15, -0.1) is 0 Å². The Balaban J connectivity index is 1.79. The molecule has 5 heteroatoms. The van der Waals surface area contributed by atoms with Gasteiger partial charge in [-0.2, -0.15) is 0 Å². The first-order valence-corrected chi connectivity index (χ1v) is 9.27. The average Bonchev–Trinajstić information content (AvgIpc) is 2.61. The summed E-state index contributed by atoms with van der Waals surface area (Å²) in [6.07, 6.45) is 0. The molecule has 0 aliphatic rings. The predicted octanol–water partition coefficient (Wildman–Crippen LogP) is 3.72. The second-order valence-corrected chi connectivity index (χ2v) is 7.13. The molecule has 0 amide bonds. The minimum absolute atomic E-state index is 0.228. The summed E-state index contributed by atoms with van der Waals surface area (Å²) < 4.78 is 32.9. The average molecular weight is 341 g/mol. The monoisotopic (exact) mass is 341 g/mol. The van der Waals surface area contributed by atoms with E-state index in [-0.39, 0.29) is 11.4 Å². The maximum Gasteiger partial charge on any atom is 0.240 e. The van der Waals surface area contributed by atoms with Crippen LogP contribution in [0.4, 0.5) is 0 Å². The summed E-state index contributed by atoms with van der Waals surface area (Å²) in [5.41, 5.74) is 0.947. The number of nitrogens with one attached hydrogen (secondary N) is 1. The lowest BCUT2D eigenvalue weighted by Gasteiger charge is -2.10. The number of hydrogen-bond donors (Lipinski definition) is 1. The van der Waals surface area contributed by atoms with E-state index < -0.39 is 10.0 Å². The molecule has 3 aromatic rings. The van der Waals surface area contributed by atoms with Gasteiger partial charge in [0.1, 0.15) is 5.75 Å². The number of hydrogen-bond acceptors (Lipinski definition) is 3. The molecule has 0 saturated carbocycles. The molecule has 0 radical (unpaired) electrons. The molecular weight excluding hydrogens is 322 g/mol. The van der Waals surface area contributed by atoms with Crippen molar-refractivity contribution in [3.63, 3.8) is 0 Å². The van der Waals surface area contributed by atoms with Crippen LogP contribution < -0.4 is 9.46 Å². The molecule has 0 bridgehead atoms. The van der Waals surface area contributed by atoms with Gasteiger partial charge in [0.2, 0.25) is 10.0 Å². The number of ether oxygens (including phenoxy) is 1. The van der Waals surface area contributed by atoms with Crippen molar-refractivity contribution in [3.05, 3.63) is 72.3 Å². The van der Waals surface area contributed by atoms with Gasteiger partial charge in [0, 0.05) is 6.54 Å². The van der Waals surface area contributed by atoms with Gasteiger partial charge >= 0.3 is 0 Å². The molecule has 0 fully saturated rings. The number of rotatable bonds is 6. The maximum atomic E-state index is 12.5. The molecule has 0 aliphatic heterocycles. The van der Waals surface area contributed by atoms with Crippen LogP contribution in [0.3, 0.4) is 0 Å². The zero-order chi connectivity index (χ0) is 17.0. The Morgan fingerprint density at radius 2 is 1.62 bits per heavy atom. The lowest BCUT2D eigenvalue weighted by Crippen LogP contribution is -2.23. The van der Waals surface area contributed by atoms with Gasteiger partial charge in [0.15, 0.2) is 0 Å². The lowest BCUT2D eigenvalue weighted by molar-refractivity contribution is 0.340. The second-order valence-electron chi connectivity index (χ2n) is 5.37. The normalized spacial score (nSPS) is 11.5. The summed E-state index contributed by atoms with van der Waals surface area (Å²) in [6, 6.07) is 20.2. The zero-order valence-corrected chi connectivity index (χ0v) is 14.2. The number of benzene rings is 3. The van der Waals surface area contributed by atoms with Crippen LogP contribution in [0.25, 0.3) is 10.8 Å². The van der Waals surface area contributed by atoms with Crippen molar-refractivity contribution < 1.29 is 13.2 Å². The molecule has 3 rings (SSSR count). The smallest absolute Gasteiger partial charge is 0.240 e. The van der Waals surface area contributed by atoms with Crippen LogP contribution in [0.1, 0.15) is 12.5 Å². The first-order valence-electron chi connectivity index (χ1n) is 7.79. The van der Waals surface area contributed by atoms with Gasteiger partial charge in [-0.25, -0.2) is 13.1 Å². The molecule has 0 unspecified atom stereocenters. The first-order chi connectivity index (χ1) is 11.6. The van der Waals surface area contributed by atoms with Crippen molar-refractivity contribution in [1.29, 1.82) is 0 Å². The van der Waals surface area contributed by atoms with Crippen molar-refractivity contribution in [2.75, 3.05) is 6.61 Å². The van der Waals surface area contributed by atoms with Gasteiger partial charge in [-0.3, -0.25) is 0 Å². The van der Waals surface area contributed by atoms with Crippen LogP contribution in [-0.2, 0) is 16.6 Å². The largest absolute Gasteiger partial charge is 0.494 e. The Hall–Kier alpha value is -2.37. The van der Waals surface area contributed by atoms with Crippen LogP contribution in [-0.4, -0.2) is 15.0 Å². The van der Waals surface area contributed by atoms with E-state index in [4.69, 9.17) is 4.74 Å². The second kappa shape index (κ2) is 7.03. The van der Waals surface area contributed by atoms with Crippen molar-refractivity contribution in [2.24, 2.45) is 0 Å². The Morgan fingerprint density at radius 3 is 2.38 bits per heavy atom. The summed E-state index contributed by atoms with van der Waals surface area (Å²) in [5, 5.41) is 2.14. The third-order valence-corrected chi connectivity index (χ3v) is 5.19. The molecule has 0 aromatic heterocycles. The molecular formula is C19H19NO3S. The highest BCUT2D eigenvalue weighted by Gasteiger charge is 2.14. The van der Waals surface area contributed by atoms with Gasteiger partial charge in [0.25, 0.3) is 0 Å². The highest BCUT2D eigenvalue weighted by molar-refractivity contribution is 7.89. The standard InChI is InChI=1S/C19H19NO3S/c1-2-23-17-10-12-18(13-11-17)24(21,22)20-14-16-8-5-7-15-6-3-4-9-19(15)16/h3-13,20H,2,14H2,1H3. The quantitative estimate of drug-likeness (QED) is 0.743. The molecule has 0 aliphatic carbocycles. The summed E-state index contributed by atoms with van der Waals surface area (Å²) in [4.78, 5) is 0.228. The Labute approximate surface area is 142 Å². The van der Waals surface area contributed by atoms with Crippen LogP contribution in [0.2, 0.25) is 0 Å². The van der Waals surface area contributed by atoms with Crippen LogP contribution in [0.5, 0.6) is 5.75 Å². The Morgan fingerprint density at radius 1 is 0.917 bits per heavy atom. The summed E-state index contributed by atoms with van der Waals surface area (Å²) in [5.74, 6) is 0.658. The van der Waals surface area contributed by atoms with Crippen LogP contribution in [0.15, 0.2) is 71.6 Å². The molecule has 0 atom stereocenters. The minimum atomic E-state index is -3.56. The molecule has 124 valence electrons. The van der Waals surface area contributed by atoms with Crippen molar-refractivity contribution in [3.8, 4) is 5.75 Å². The van der Waals surface area contributed by atoms with E-state index in [1.165, 1.54) is 0 Å². The summed E-state index contributed by atoms with van der Waals surface area (Å²) in [6.45, 7) is 2.68. The van der Waals surface area contributed by atoms with E-state index in [1.54, 1.807) is 24.3 Å². The molecule has 1 N–H and O–H groups in total. The molecule has 4 nitrogen and oxygen atoms in total. The van der Waals surface area contributed by atoms with Crippen molar-refractivity contribution in [1.82, 2.24) is 4.72 Å².